The van der Waals surface area contributed by atoms with E-state index in [1.165, 1.54) is 0 Å². The van der Waals surface area contributed by atoms with Crippen molar-refractivity contribution in [3.8, 4) is 0 Å². The molecule has 0 saturated carbocycles. The Morgan fingerprint density at radius 1 is 1.48 bits per heavy atom. The third-order valence-electron chi connectivity index (χ3n) is 3.69. The zero-order valence-electron chi connectivity index (χ0n) is 11.8. The number of carbonyl (C=O) groups is 1. The predicted molar refractivity (Wildman–Crippen MR) is 80.5 cm³/mol. The lowest BCUT2D eigenvalue weighted by Gasteiger charge is -2.18. The summed E-state index contributed by atoms with van der Waals surface area (Å²) in [6, 6.07) is 3.26. The molecule has 3 heterocycles. The van der Waals surface area contributed by atoms with E-state index in [1.807, 2.05) is 6.92 Å². The highest BCUT2D eigenvalue weighted by Gasteiger charge is 2.21. The molecule has 2 aromatic rings. The minimum absolute atomic E-state index is 0.197. The van der Waals surface area contributed by atoms with Gasteiger partial charge in [-0.25, -0.2) is 0 Å². The second-order valence-electron chi connectivity index (χ2n) is 5.19. The van der Waals surface area contributed by atoms with Crippen LogP contribution in [0.15, 0.2) is 18.3 Å². The van der Waals surface area contributed by atoms with Crippen LogP contribution in [-0.2, 0) is 13.0 Å². The van der Waals surface area contributed by atoms with Gasteiger partial charge in [-0.3, -0.25) is 4.79 Å². The number of amides is 1. The molecule has 0 fully saturated rings. The molecule has 1 aliphatic rings. The first-order chi connectivity index (χ1) is 10.2. The zero-order valence-corrected chi connectivity index (χ0v) is 12.6. The van der Waals surface area contributed by atoms with Crippen LogP contribution < -0.4 is 5.32 Å². The average molecular weight is 303 g/mol. The summed E-state index contributed by atoms with van der Waals surface area (Å²) in [4.78, 5) is 15.1. The summed E-state index contributed by atoms with van der Waals surface area (Å²) in [5.41, 5.74) is 0.470. The molecule has 0 unspecified atom stereocenters. The van der Waals surface area contributed by atoms with E-state index in [0.29, 0.717) is 10.2 Å². The Morgan fingerprint density at radius 3 is 3.14 bits per heavy atom. The Balaban J connectivity index is 1.79. The minimum atomic E-state index is -0.202. The maximum atomic E-state index is 12.3. The number of aryl methyl sites for hydroxylation is 1. The van der Waals surface area contributed by atoms with Crippen molar-refractivity contribution in [2.24, 2.45) is 0 Å². The van der Waals surface area contributed by atoms with Gasteiger partial charge < -0.3 is 14.9 Å². The quantitative estimate of drug-likeness (QED) is 0.852. The van der Waals surface area contributed by atoms with Gasteiger partial charge in [-0.2, -0.15) is 0 Å². The second-order valence-corrected chi connectivity index (χ2v) is 5.60. The first-order valence-corrected chi connectivity index (χ1v) is 7.48. The van der Waals surface area contributed by atoms with Gasteiger partial charge in [-0.05, 0) is 31.9 Å². The molecular formula is C14H17N5OS. The fraction of sp³-hybridized carbons (Fsp3) is 0.429. The van der Waals surface area contributed by atoms with Gasteiger partial charge in [-0.15, -0.1) is 10.2 Å². The number of H-pyrrole nitrogens is 1. The highest BCUT2D eigenvalue weighted by molar-refractivity contribution is 7.71. The van der Waals surface area contributed by atoms with Crippen LogP contribution in [-0.4, -0.2) is 25.7 Å². The minimum Gasteiger partial charge on any atom is -0.352 e. The van der Waals surface area contributed by atoms with Gasteiger partial charge in [0.2, 0.25) is 0 Å². The Labute approximate surface area is 127 Å². The number of pyridine rings is 1. The number of nitrogens with zero attached hydrogens (tertiary/aromatic N) is 3. The molecule has 3 rings (SSSR count). The Morgan fingerprint density at radius 2 is 2.33 bits per heavy atom. The summed E-state index contributed by atoms with van der Waals surface area (Å²) in [6.07, 6.45) is 4.94. The van der Waals surface area contributed by atoms with Gasteiger partial charge in [0.25, 0.3) is 5.91 Å². The lowest BCUT2D eigenvalue weighted by molar-refractivity contribution is 0.0936. The molecule has 110 valence electrons. The number of aromatic amines is 1. The van der Waals surface area contributed by atoms with E-state index in [2.05, 4.69) is 25.1 Å². The number of aromatic nitrogens is 4. The molecule has 0 spiro atoms. The largest absolute Gasteiger partial charge is 0.352 e. The standard InChI is InChI=1S/C14H17N5OS/c1-9(12-18-17-11-6-2-3-8-19(11)12)16-13(20)10-5-4-7-15-14(10)21/h4-5,7,9H,2-3,6,8H2,1H3,(H,15,21)(H,16,20)/t9-/m0/s1. The maximum absolute atomic E-state index is 12.3. The number of rotatable bonds is 3. The molecule has 0 saturated heterocycles. The molecule has 0 aliphatic carbocycles. The molecule has 2 aromatic heterocycles. The van der Waals surface area contributed by atoms with Crippen molar-refractivity contribution >= 4 is 18.1 Å². The van der Waals surface area contributed by atoms with E-state index in [0.717, 1.165) is 37.5 Å². The summed E-state index contributed by atoms with van der Waals surface area (Å²) >= 11 is 5.13. The van der Waals surface area contributed by atoms with Gasteiger partial charge in [0, 0.05) is 19.2 Å². The molecule has 0 radical (unpaired) electrons. The first-order valence-electron chi connectivity index (χ1n) is 7.07. The molecule has 1 atom stereocenters. The molecule has 1 amide bonds. The van der Waals surface area contributed by atoms with E-state index in [9.17, 15) is 4.79 Å². The summed E-state index contributed by atoms with van der Waals surface area (Å²) < 4.78 is 2.55. The smallest absolute Gasteiger partial charge is 0.254 e. The Hall–Kier alpha value is -2.02. The summed E-state index contributed by atoms with van der Waals surface area (Å²) in [5.74, 6) is 1.62. The zero-order chi connectivity index (χ0) is 14.8. The van der Waals surface area contributed by atoms with Gasteiger partial charge in [0.15, 0.2) is 5.82 Å². The predicted octanol–water partition coefficient (Wildman–Crippen LogP) is 2.16. The van der Waals surface area contributed by atoms with Crippen LogP contribution in [0, 0.1) is 4.64 Å². The van der Waals surface area contributed by atoms with E-state index in [1.54, 1.807) is 18.3 Å². The van der Waals surface area contributed by atoms with Crippen molar-refractivity contribution in [2.75, 3.05) is 0 Å². The number of nitrogens with one attached hydrogen (secondary N) is 2. The SMILES string of the molecule is C[C@H](NC(=O)c1ccc[nH]c1=S)c1nnc2n1CCCC2. The number of carbonyl (C=O) groups excluding carboxylic acids is 1. The first kappa shape index (κ1) is 13.9. The van der Waals surface area contributed by atoms with Crippen LogP contribution in [0.1, 0.15) is 47.8 Å². The fourth-order valence-corrected chi connectivity index (χ4v) is 2.82. The number of fused-ring (bicyclic) bond motifs is 1. The third kappa shape index (κ3) is 2.73. The van der Waals surface area contributed by atoms with Crippen molar-refractivity contribution in [3.05, 3.63) is 40.2 Å². The lowest BCUT2D eigenvalue weighted by Crippen LogP contribution is -2.29. The Kier molecular flexibility index (Phi) is 3.83. The van der Waals surface area contributed by atoms with Crippen LogP contribution >= 0.6 is 12.2 Å². The lowest BCUT2D eigenvalue weighted by atomic mass is 10.1. The second kappa shape index (κ2) is 5.77. The van der Waals surface area contributed by atoms with E-state index >= 15 is 0 Å². The molecular weight excluding hydrogens is 286 g/mol. The van der Waals surface area contributed by atoms with E-state index in [4.69, 9.17) is 12.2 Å². The van der Waals surface area contributed by atoms with Crippen LogP contribution in [0.4, 0.5) is 0 Å². The molecule has 0 bridgehead atoms. The van der Waals surface area contributed by atoms with Crippen molar-refractivity contribution < 1.29 is 4.79 Å². The highest BCUT2D eigenvalue weighted by Crippen LogP contribution is 2.19. The van der Waals surface area contributed by atoms with Crippen LogP contribution in [0.2, 0.25) is 0 Å². The number of hydrogen-bond acceptors (Lipinski definition) is 4. The van der Waals surface area contributed by atoms with E-state index in [-0.39, 0.29) is 11.9 Å². The van der Waals surface area contributed by atoms with Crippen molar-refractivity contribution in [1.29, 1.82) is 0 Å². The van der Waals surface area contributed by atoms with Gasteiger partial charge in [0.1, 0.15) is 10.5 Å². The normalized spacial score (nSPS) is 15.3. The summed E-state index contributed by atoms with van der Waals surface area (Å²) in [6.45, 7) is 2.84. The molecule has 21 heavy (non-hydrogen) atoms. The van der Waals surface area contributed by atoms with Crippen LogP contribution in [0.3, 0.4) is 0 Å². The number of hydrogen-bond donors (Lipinski definition) is 2. The molecule has 2 N–H and O–H groups in total. The van der Waals surface area contributed by atoms with Gasteiger partial charge in [0.05, 0.1) is 11.6 Å². The topological polar surface area (TPSA) is 75.6 Å². The summed E-state index contributed by atoms with van der Waals surface area (Å²) in [7, 11) is 0. The monoisotopic (exact) mass is 303 g/mol. The van der Waals surface area contributed by atoms with Crippen LogP contribution in [0.25, 0.3) is 0 Å². The maximum Gasteiger partial charge on any atom is 0.254 e. The average Bonchev–Trinajstić information content (AvgIpc) is 2.91. The fourth-order valence-electron chi connectivity index (χ4n) is 2.59. The van der Waals surface area contributed by atoms with Crippen molar-refractivity contribution in [3.63, 3.8) is 0 Å². The van der Waals surface area contributed by atoms with Crippen LogP contribution in [0.5, 0.6) is 0 Å². The van der Waals surface area contributed by atoms with Gasteiger partial charge in [-0.1, -0.05) is 12.2 Å². The van der Waals surface area contributed by atoms with Crippen molar-refractivity contribution in [1.82, 2.24) is 25.1 Å². The van der Waals surface area contributed by atoms with E-state index < -0.39 is 0 Å². The molecule has 6 nitrogen and oxygen atoms in total. The third-order valence-corrected chi connectivity index (χ3v) is 4.02. The molecule has 0 aromatic carbocycles. The molecule has 7 heteroatoms. The molecule has 1 aliphatic heterocycles. The Bertz CT molecular complexity index is 720. The van der Waals surface area contributed by atoms with Gasteiger partial charge >= 0.3 is 0 Å². The summed E-state index contributed by atoms with van der Waals surface area (Å²) in [5, 5.41) is 11.4. The highest BCUT2D eigenvalue weighted by atomic mass is 32.1. The van der Waals surface area contributed by atoms with Crippen molar-refractivity contribution in [2.45, 2.75) is 38.8 Å².